The van der Waals surface area contributed by atoms with Crippen LogP contribution in [-0.4, -0.2) is 0 Å². The lowest BCUT2D eigenvalue weighted by Gasteiger charge is -2.26. The van der Waals surface area contributed by atoms with Gasteiger partial charge in [-0.1, -0.05) is 121 Å². The Hall–Kier alpha value is -6.36. The molecule has 0 saturated heterocycles. The van der Waals surface area contributed by atoms with Crippen molar-refractivity contribution in [3.8, 4) is 28.0 Å². The number of hydrogen-bond acceptors (Lipinski definition) is 4. The fraction of sp³-hybridized carbons (Fsp3) is 0.0213. The molecule has 0 saturated carbocycles. The lowest BCUT2D eigenvalue weighted by atomic mass is 9.99. The van der Waals surface area contributed by atoms with Gasteiger partial charge in [0.2, 0.25) is 0 Å². The van der Waals surface area contributed by atoms with Crippen LogP contribution in [0.3, 0.4) is 0 Å². The van der Waals surface area contributed by atoms with Crippen molar-refractivity contribution in [3.05, 3.63) is 188 Å². The Labute approximate surface area is 300 Å². The van der Waals surface area contributed by atoms with Gasteiger partial charge in [0, 0.05) is 48.2 Å². The third-order valence-corrected chi connectivity index (χ3v) is 11.1. The molecule has 1 unspecified atom stereocenters. The lowest BCUT2D eigenvalue weighted by molar-refractivity contribution is 0.260. The van der Waals surface area contributed by atoms with Crippen LogP contribution in [0.15, 0.2) is 182 Å². The Balaban J connectivity index is 1.03. The zero-order chi connectivity index (χ0) is 33.7. The van der Waals surface area contributed by atoms with Crippen LogP contribution in [0.1, 0.15) is 11.8 Å². The fourth-order valence-electron chi connectivity index (χ4n) is 7.33. The molecule has 0 fully saturated rings. The third kappa shape index (κ3) is 5.29. The maximum Gasteiger partial charge on any atom is 0.196 e. The number of rotatable bonds is 6. The number of anilines is 4. The van der Waals surface area contributed by atoms with Crippen molar-refractivity contribution >= 4 is 65.0 Å². The second-order valence-electron chi connectivity index (χ2n) is 13.0. The standard InChI is InChI=1S/C47H32N2OS/c1-3-9-31(10-4-1)32-17-22-37(23-18-32)49(39-26-28-45-42(30-39)40-13-7-8-14-44(40)51-45)38-24-19-33(20-25-38)36-16-15-34-21-27-43-46(41(34)29-36)48-47(50-43)35-11-5-2-6-12-35/h1-30,47-48H. The first-order valence-corrected chi connectivity index (χ1v) is 18.1. The number of thiophene rings is 1. The van der Waals surface area contributed by atoms with Crippen molar-refractivity contribution < 1.29 is 4.74 Å². The van der Waals surface area contributed by atoms with Crippen LogP contribution < -0.4 is 15.0 Å². The van der Waals surface area contributed by atoms with Crippen molar-refractivity contribution in [2.24, 2.45) is 0 Å². The first-order valence-electron chi connectivity index (χ1n) is 17.3. The van der Waals surface area contributed by atoms with Crippen LogP contribution >= 0.6 is 11.3 Å². The van der Waals surface area contributed by atoms with Crippen molar-refractivity contribution in [2.45, 2.75) is 6.23 Å². The quantitative estimate of drug-likeness (QED) is 0.190. The normalized spacial score (nSPS) is 13.6. The first kappa shape index (κ1) is 29.5. The number of fused-ring (bicyclic) bond motifs is 6. The minimum Gasteiger partial charge on any atom is -0.464 e. The Kier molecular flexibility index (Phi) is 7.07. The van der Waals surface area contributed by atoms with E-state index in [2.05, 4.69) is 174 Å². The highest BCUT2D eigenvalue weighted by Gasteiger charge is 2.25. The third-order valence-electron chi connectivity index (χ3n) is 9.92. The van der Waals surface area contributed by atoms with Crippen molar-refractivity contribution in [1.29, 1.82) is 0 Å². The van der Waals surface area contributed by atoms with Crippen LogP contribution in [0.5, 0.6) is 5.75 Å². The monoisotopic (exact) mass is 672 g/mol. The van der Waals surface area contributed by atoms with E-state index in [1.54, 1.807) is 0 Å². The topological polar surface area (TPSA) is 24.5 Å². The SMILES string of the molecule is c1ccc(-c2ccc(N(c3ccc(-c4ccc5ccc6c(c5c4)NC(c4ccccc4)O6)cc3)c3ccc4sc5ccccc5c4c3)cc2)cc1. The van der Waals surface area contributed by atoms with Gasteiger partial charge in [-0.05, 0) is 88.3 Å². The number of nitrogens with zero attached hydrogens (tertiary/aromatic N) is 1. The molecule has 9 aromatic rings. The molecule has 1 atom stereocenters. The van der Waals surface area contributed by atoms with Gasteiger partial charge in [-0.25, -0.2) is 0 Å². The van der Waals surface area contributed by atoms with Gasteiger partial charge >= 0.3 is 0 Å². The minimum absolute atomic E-state index is 0.200. The predicted octanol–water partition coefficient (Wildman–Crippen LogP) is 13.5. The highest BCUT2D eigenvalue weighted by atomic mass is 32.1. The Morgan fingerprint density at radius 3 is 1.80 bits per heavy atom. The molecule has 0 radical (unpaired) electrons. The molecule has 1 aromatic heterocycles. The Bertz CT molecular complexity index is 2680. The summed E-state index contributed by atoms with van der Waals surface area (Å²) in [5.41, 5.74) is 10.2. The number of hydrogen-bond donors (Lipinski definition) is 1. The van der Waals surface area contributed by atoms with Crippen LogP contribution in [0, 0.1) is 0 Å². The average Bonchev–Trinajstić information content (AvgIpc) is 3.81. The molecule has 10 rings (SSSR count). The van der Waals surface area contributed by atoms with E-state index in [9.17, 15) is 0 Å². The van der Waals surface area contributed by atoms with Crippen LogP contribution in [0.2, 0.25) is 0 Å². The van der Waals surface area contributed by atoms with Gasteiger partial charge in [0.15, 0.2) is 6.23 Å². The van der Waals surface area contributed by atoms with Gasteiger partial charge in [-0.15, -0.1) is 11.3 Å². The van der Waals surface area contributed by atoms with Gasteiger partial charge in [-0.2, -0.15) is 0 Å². The molecule has 1 N–H and O–H groups in total. The molecule has 0 bridgehead atoms. The molecule has 1 aliphatic rings. The largest absolute Gasteiger partial charge is 0.464 e. The smallest absolute Gasteiger partial charge is 0.196 e. The molecule has 0 spiro atoms. The second kappa shape index (κ2) is 12.2. The van der Waals surface area contributed by atoms with Gasteiger partial charge in [0.25, 0.3) is 0 Å². The zero-order valence-corrected chi connectivity index (χ0v) is 28.5. The molecule has 0 aliphatic carbocycles. The van der Waals surface area contributed by atoms with E-state index >= 15 is 0 Å². The Morgan fingerprint density at radius 2 is 1.04 bits per heavy atom. The fourth-order valence-corrected chi connectivity index (χ4v) is 8.42. The van der Waals surface area contributed by atoms with Gasteiger partial charge in [-0.3, -0.25) is 0 Å². The number of nitrogens with one attached hydrogen (secondary N) is 1. The highest BCUT2D eigenvalue weighted by Crippen LogP contribution is 2.45. The van der Waals surface area contributed by atoms with E-state index in [-0.39, 0.29) is 6.23 Å². The lowest BCUT2D eigenvalue weighted by Crippen LogP contribution is -2.09. The van der Waals surface area contributed by atoms with E-state index in [1.807, 2.05) is 29.5 Å². The minimum atomic E-state index is -0.200. The highest BCUT2D eigenvalue weighted by molar-refractivity contribution is 7.25. The molecule has 8 aromatic carbocycles. The summed E-state index contributed by atoms with van der Waals surface area (Å²) in [5, 5.41) is 8.56. The zero-order valence-electron chi connectivity index (χ0n) is 27.7. The van der Waals surface area contributed by atoms with E-state index in [0.29, 0.717) is 0 Å². The summed E-state index contributed by atoms with van der Waals surface area (Å²) in [7, 11) is 0. The van der Waals surface area contributed by atoms with Crippen LogP contribution in [0.25, 0.3) is 53.2 Å². The number of ether oxygens (including phenoxy) is 1. The van der Waals surface area contributed by atoms with E-state index in [1.165, 1.54) is 36.7 Å². The summed E-state index contributed by atoms with van der Waals surface area (Å²) in [4.78, 5) is 2.36. The van der Waals surface area contributed by atoms with E-state index in [4.69, 9.17) is 4.74 Å². The Morgan fingerprint density at radius 1 is 0.451 bits per heavy atom. The van der Waals surface area contributed by atoms with Crippen molar-refractivity contribution in [1.82, 2.24) is 0 Å². The van der Waals surface area contributed by atoms with E-state index in [0.717, 1.165) is 50.6 Å². The van der Waals surface area contributed by atoms with Gasteiger partial charge in [0.05, 0.1) is 5.69 Å². The summed E-state index contributed by atoms with van der Waals surface area (Å²) < 4.78 is 8.94. The molecular weight excluding hydrogens is 641 g/mol. The van der Waals surface area contributed by atoms with Crippen molar-refractivity contribution in [2.75, 3.05) is 10.2 Å². The molecule has 4 heteroatoms. The summed E-state index contributed by atoms with van der Waals surface area (Å²) in [6.45, 7) is 0. The van der Waals surface area contributed by atoms with E-state index < -0.39 is 0 Å². The average molecular weight is 673 g/mol. The maximum absolute atomic E-state index is 6.33. The molecule has 2 heterocycles. The maximum atomic E-state index is 6.33. The summed E-state index contributed by atoms with van der Waals surface area (Å²) >= 11 is 1.85. The number of benzene rings is 8. The predicted molar refractivity (Wildman–Crippen MR) is 216 cm³/mol. The van der Waals surface area contributed by atoms with Crippen LogP contribution in [0.4, 0.5) is 22.7 Å². The molecule has 1 aliphatic heterocycles. The first-order chi connectivity index (χ1) is 25.2. The molecule has 242 valence electrons. The molecule has 0 amide bonds. The van der Waals surface area contributed by atoms with Gasteiger partial charge in [0.1, 0.15) is 5.75 Å². The van der Waals surface area contributed by atoms with Gasteiger partial charge < -0.3 is 15.0 Å². The summed E-state index contributed by atoms with van der Waals surface area (Å²) in [5.74, 6) is 0.883. The summed E-state index contributed by atoms with van der Waals surface area (Å²) in [6.07, 6.45) is -0.200. The summed E-state index contributed by atoms with van der Waals surface area (Å²) in [6, 6.07) is 65.2. The second-order valence-corrected chi connectivity index (χ2v) is 14.1. The van der Waals surface area contributed by atoms with Crippen LogP contribution in [-0.2, 0) is 0 Å². The molecule has 3 nitrogen and oxygen atoms in total. The van der Waals surface area contributed by atoms with Crippen molar-refractivity contribution in [3.63, 3.8) is 0 Å². The molecule has 51 heavy (non-hydrogen) atoms. The molecular formula is C47H32N2OS.